The number of rotatable bonds is 1. The molecule has 2 heterocycles. The van der Waals surface area contributed by atoms with Crippen LogP contribution in [0.4, 0.5) is 0 Å². The van der Waals surface area contributed by atoms with Crippen LogP contribution in [0.3, 0.4) is 0 Å². The van der Waals surface area contributed by atoms with Crippen LogP contribution in [0, 0.1) is 16.1 Å². The fourth-order valence-electron chi connectivity index (χ4n) is 2.52. The maximum atomic E-state index is 9.08. The van der Waals surface area contributed by atoms with Crippen molar-refractivity contribution in [1.29, 1.82) is 5.26 Å². The maximum absolute atomic E-state index is 9.08. The van der Waals surface area contributed by atoms with Crippen molar-refractivity contribution in [3.8, 4) is 11.8 Å². The van der Waals surface area contributed by atoms with Crippen molar-refractivity contribution < 1.29 is 0 Å². The lowest BCUT2D eigenvalue weighted by Crippen LogP contribution is -1.93. The minimum Gasteiger partial charge on any atom is -0.330 e. The molecule has 2 aromatic carbocycles. The highest BCUT2D eigenvalue weighted by atomic mass is 32.1. The number of nitrogens with zero attached hydrogens (tertiary/aromatic N) is 2. The number of aromatic amines is 1. The molecule has 21 heavy (non-hydrogen) atoms. The van der Waals surface area contributed by atoms with E-state index in [1.165, 1.54) is 10.1 Å². The maximum Gasteiger partial charge on any atom is 0.182 e. The predicted molar refractivity (Wildman–Crippen MR) is 88.6 cm³/mol. The number of hydrogen-bond acceptors (Lipinski definition) is 3. The third-order valence-electron chi connectivity index (χ3n) is 3.51. The van der Waals surface area contributed by atoms with Crippen LogP contribution >= 0.6 is 23.6 Å². The molecule has 3 nitrogen and oxygen atoms in total. The summed E-state index contributed by atoms with van der Waals surface area (Å²) in [6.07, 6.45) is 0. The Bertz CT molecular complexity index is 1080. The molecule has 5 heteroatoms. The van der Waals surface area contributed by atoms with Crippen LogP contribution in [0.25, 0.3) is 26.8 Å². The summed E-state index contributed by atoms with van der Waals surface area (Å²) in [6.45, 7) is 0. The minimum atomic E-state index is 0.627. The molecular weight excluding hydrogens is 298 g/mol. The highest BCUT2D eigenvalue weighted by molar-refractivity contribution is 7.71. The predicted octanol–water partition coefficient (Wildman–Crippen LogP) is 4.77. The largest absolute Gasteiger partial charge is 0.330 e. The van der Waals surface area contributed by atoms with Gasteiger partial charge in [0, 0.05) is 10.4 Å². The molecule has 0 spiro atoms. The van der Waals surface area contributed by atoms with Gasteiger partial charge in [-0.1, -0.05) is 0 Å². The monoisotopic (exact) mass is 307 g/mol. The van der Waals surface area contributed by atoms with Gasteiger partial charge in [-0.2, -0.15) is 5.26 Å². The summed E-state index contributed by atoms with van der Waals surface area (Å²) in [5.74, 6) is 0. The Kier molecular flexibility index (Phi) is 2.67. The summed E-state index contributed by atoms with van der Waals surface area (Å²) in [7, 11) is 0. The first-order valence-corrected chi connectivity index (χ1v) is 7.67. The number of aromatic nitrogens is 2. The van der Waals surface area contributed by atoms with Gasteiger partial charge in [0.1, 0.15) is 0 Å². The Morgan fingerprint density at radius 3 is 2.90 bits per heavy atom. The summed E-state index contributed by atoms with van der Waals surface area (Å²) in [6, 6.07) is 16.1. The van der Waals surface area contributed by atoms with Gasteiger partial charge in [-0.3, -0.25) is 4.57 Å². The van der Waals surface area contributed by atoms with E-state index in [4.69, 9.17) is 17.5 Å². The molecule has 0 amide bonds. The van der Waals surface area contributed by atoms with Crippen LogP contribution in [-0.4, -0.2) is 9.55 Å². The van der Waals surface area contributed by atoms with E-state index in [1.54, 1.807) is 17.4 Å². The lowest BCUT2D eigenvalue weighted by atomic mass is 10.2. The van der Waals surface area contributed by atoms with E-state index in [1.807, 2.05) is 16.7 Å². The Morgan fingerprint density at radius 1 is 1.14 bits per heavy atom. The van der Waals surface area contributed by atoms with Crippen LogP contribution < -0.4 is 0 Å². The molecule has 4 aromatic rings. The van der Waals surface area contributed by atoms with Crippen molar-refractivity contribution in [2.75, 3.05) is 0 Å². The van der Waals surface area contributed by atoms with Gasteiger partial charge < -0.3 is 4.98 Å². The molecule has 0 saturated carbocycles. The van der Waals surface area contributed by atoms with E-state index in [0.29, 0.717) is 10.3 Å². The van der Waals surface area contributed by atoms with Gasteiger partial charge in [0.05, 0.1) is 22.7 Å². The number of fused-ring (bicyclic) bond motifs is 2. The molecule has 0 aliphatic rings. The molecule has 0 aliphatic heterocycles. The molecular formula is C16H9N3S2. The van der Waals surface area contributed by atoms with Gasteiger partial charge in [0.25, 0.3) is 0 Å². The van der Waals surface area contributed by atoms with Crippen LogP contribution in [0.2, 0.25) is 0 Å². The van der Waals surface area contributed by atoms with Gasteiger partial charge in [0.2, 0.25) is 0 Å². The number of imidazole rings is 1. The van der Waals surface area contributed by atoms with Crippen molar-refractivity contribution in [3.63, 3.8) is 0 Å². The van der Waals surface area contributed by atoms with Crippen LogP contribution in [-0.2, 0) is 0 Å². The van der Waals surface area contributed by atoms with Gasteiger partial charge in [-0.15, -0.1) is 11.3 Å². The molecule has 0 unspecified atom stereocenters. The van der Waals surface area contributed by atoms with Crippen molar-refractivity contribution in [3.05, 3.63) is 58.2 Å². The average molecular weight is 307 g/mol. The number of nitrogens with one attached hydrogen (secondary N) is 1. The van der Waals surface area contributed by atoms with Gasteiger partial charge >= 0.3 is 0 Å². The third kappa shape index (κ3) is 1.88. The fraction of sp³-hybridized carbons (Fsp3) is 0. The van der Waals surface area contributed by atoms with Gasteiger partial charge in [-0.05, 0) is 65.4 Å². The highest BCUT2D eigenvalue weighted by Crippen LogP contribution is 2.26. The first-order valence-electron chi connectivity index (χ1n) is 6.39. The summed E-state index contributed by atoms with van der Waals surface area (Å²) < 4.78 is 3.86. The standard InChI is InChI=1S/C16H9N3S2/c17-9-10-1-3-13-14(7-10)19(16(20)18-13)12-2-4-15-11(8-12)5-6-21-15/h1-8H,(H,18,20). The first-order chi connectivity index (χ1) is 10.3. The van der Waals surface area contributed by atoms with Crippen molar-refractivity contribution in [1.82, 2.24) is 9.55 Å². The molecule has 1 N–H and O–H groups in total. The van der Waals surface area contributed by atoms with Crippen molar-refractivity contribution >= 4 is 44.7 Å². The molecule has 0 bridgehead atoms. The third-order valence-corrected chi connectivity index (χ3v) is 4.69. The molecule has 0 radical (unpaired) electrons. The Morgan fingerprint density at radius 2 is 2.05 bits per heavy atom. The Hall–Kier alpha value is -2.42. The quantitative estimate of drug-likeness (QED) is 0.515. The minimum absolute atomic E-state index is 0.627. The van der Waals surface area contributed by atoms with Crippen LogP contribution in [0.15, 0.2) is 47.8 Å². The highest BCUT2D eigenvalue weighted by Gasteiger charge is 2.08. The summed E-state index contributed by atoms with van der Waals surface area (Å²) in [5, 5.41) is 12.4. The number of benzene rings is 2. The number of H-pyrrole nitrogens is 1. The average Bonchev–Trinajstić information content (AvgIpc) is 3.08. The molecule has 4 rings (SSSR count). The zero-order valence-corrected chi connectivity index (χ0v) is 12.5. The van der Waals surface area contributed by atoms with Crippen molar-refractivity contribution in [2.24, 2.45) is 0 Å². The second kappa shape index (κ2) is 4.55. The molecule has 2 aromatic heterocycles. The summed E-state index contributed by atoms with van der Waals surface area (Å²) in [4.78, 5) is 3.19. The van der Waals surface area contributed by atoms with E-state index in [-0.39, 0.29) is 0 Å². The lowest BCUT2D eigenvalue weighted by Gasteiger charge is -2.05. The summed E-state index contributed by atoms with van der Waals surface area (Å²) in [5.41, 5.74) is 3.49. The van der Waals surface area contributed by atoms with Crippen LogP contribution in [0.5, 0.6) is 0 Å². The fourth-order valence-corrected chi connectivity index (χ4v) is 3.61. The SMILES string of the molecule is N#Cc1ccc2[nH]c(=S)n(-c3ccc4sccc4c3)c2c1. The van der Waals surface area contributed by atoms with E-state index < -0.39 is 0 Å². The second-order valence-corrected chi connectivity index (χ2v) is 6.09. The molecule has 100 valence electrons. The van der Waals surface area contributed by atoms with E-state index in [0.717, 1.165) is 16.7 Å². The second-order valence-electron chi connectivity index (χ2n) is 4.75. The topological polar surface area (TPSA) is 44.5 Å². The van der Waals surface area contributed by atoms with Crippen LogP contribution in [0.1, 0.15) is 5.56 Å². The van der Waals surface area contributed by atoms with Gasteiger partial charge in [0.15, 0.2) is 4.77 Å². The smallest absolute Gasteiger partial charge is 0.182 e. The van der Waals surface area contributed by atoms with E-state index >= 15 is 0 Å². The zero-order chi connectivity index (χ0) is 14.4. The molecule has 0 saturated heterocycles. The number of thiophene rings is 1. The first kappa shape index (κ1) is 12.3. The molecule has 0 fully saturated rings. The van der Waals surface area contributed by atoms with E-state index in [9.17, 15) is 0 Å². The Balaban J connectivity index is 2.06. The number of nitriles is 1. The molecule has 0 atom stereocenters. The normalized spacial score (nSPS) is 11.0. The van der Waals surface area contributed by atoms with Crippen molar-refractivity contribution in [2.45, 2.75) is 0 Å². The zero-order valence-electron chi connectivity index (χ0n) is 10.8. The number of hydrogen-bond donors (Lipinski definition) is 1. The summed E-state index contributed by atoms with van der Waals surface area (Å²) >= 11 is 7.16. The lowest BCUT2D eigenvalue weighted by molar-refractivity contribution is 1.07. The Labute approximate surface area is 129 Å². The van der Waals surface area contributed by atoms with Gasteiger partial charge in [-0.25, -0.2) is 0 Å². The van der Waals surface area contributed by atoms with E-state index in [2.05, 4.69) is 40.7 Å². The molecule has 0 aliphatic carbocycles.